The van der Waals surface area contributed by atoms with Crippen molar-refractivity contribution in [3.8, 4) is 0 Å². The van der Waals surface area contributed by atoms with Crippen molar-refractivity contribution >= 4 is 11.6 Å². The van der Waals surface area contributed by atoms with E-state index >= 15 is 0 Å². The number of nitrogens with one attached hydrogen (secondary N) is 1. The van der Waals surface area contributed by atoms with Crippen LogP contribution in [0.5, 0.6) is 0 Å². The Labute approximate surface area is 102 Å². The average molecular weight is 232 g/mol. The first-order valence-corrected chi connectivity index (χ1v) is 6.23. The molecular formula is C14H20N2O. The molecule has 3 nitrogen and oxygen atoms in total. The molecule has 1 saturated carbocycles. The summed E-state index contributed by atoms with van der Waals surface area (Å²) < 4.78 is 0. The van der Waals surface area contributed by atoms with Crippen LogP contribution in [0.15, 0.2) is 18.2 Å². The highest BCUT2D eigenvalue weighted by molar-refractivity contribution is 5.96. The zero-order valence-corrected chi connectivity index (χ0v) is 10.5. The lowest BCUT2D eigenvalue weighted by Crippen LogP contribution is -2.33. The van der Waals surface area contributed by atoms with Crippen molar-refractivity contribution in [1.82, 2.24) is 5.32 Å². The number of carbonyl (C=O) groups is 1. The van der Waals surface area contributed by atoms with Gasteiger partial charge in [-0.3, -0.25) is 4.79 Å². The Morgan fingerprint density at radius 2 is 2.18 bits per heavy atom. The van der Waals surface area contributed by atoms with Crippen LogP contribution in [-0.2, 0) is 0 Å². The van der Waals surface area contributed by atoms with Crippen molar-refractivity contribution in [2.45, 2.75) is 39.2 Å². The van der Waals surface area contributed by atoms with E-state index in [1.165, 1.54) is 6.42 Å². The van der Waals surface area contributed by atoms with Crippen LogP contribution in [0.4, 0.5) is 5.69 Å². The van der Waals surface area contributed by atoms with Gasteiger partial charge in [-0.15, -0.1) is 0 Å². The molecule has 1 aliphatic rings. The van der Waals surface area contributed by atoms with Gasteiger partial charge in [0.15, 0.2) is 0 Å². The highest BCUT2D eigenvalue weighted by atomic mass is 16.1. The molecule has 1 amide bonds. The van der Waals surface area contributed by atoms with Crippen LogP contribution in [0.2, 0.25) is 0 Å². The molecule has 3 heteroatoms. The average Bonchev–Trinajstić information content (AvgIpc) is 2.67. The molecule has 0 heterocycles. The van der Waals surface area contributed by atoms with E-state index < -0.39 is 0 Å². The first-order chi connectivity index (χ1) is 8.06. The molecule has 2 unspecified atom stereocenters. The van der Waals surface area contributed by atoms with Crippen molar-refractivity contribution in [3.05, 3.63) is 29.3 Å². The highest BCUT2D eigenvalue weighted by Gasteiger charge is 2.23. The zero-order valence-electron chi connectivity index (χ0n) is 10.5. The third kappa shape index (κ3) is 2.78. The van der Waals surface area contributed by atoms with Crippen molar-refractivity contribution in [1.29, 1.82) is 0 Å². The monoisotopic (exact) mass is 232 g/mol. The summed E-state index contributed by atoms with van der Waals surface area (Å²) in [5, 5.41) is 3.10. The Morgan fingerprint density at radius 1 is 1.41 bits per heavy atom. The molecule has 0 saturated heterocycles. The van der Waals surface area contributed by atoms with E-state index in [1.807, 2.05) is 19.1 Å². The number of anilines is 1. The lowest BCUT2D eigenvalue weighted by molar-refractivity contribution is 0.0936. The summed E-state index contributed by atoms with van der Waals surface area (Å²) in [7, 11) is 0. The first-order valence-electron chi connectivity index (χ1n) is 6.23. The maximum Gasteiger partial charge on any atom is 0.251 e. The van der Waals surface area contributed by atoms with E-state index in [0.29, 0.717) is 17.3 Å². The smallest absolute Gasteiger partial charge is 0.251 e. The standard InChI is InChI=1S/C14H20N2O/c1-9-3-6-12(7-9)16-14(17)13-8-11(15)5-4-10(13)2/h4-5,8-9,12H,3,6-7,15H2,1-2H3,(H,16,17). The second-order valence-electron chi connectivity index (χ2n) is 5.16. The van der Waals surface area contributed by atoms with E-state index in [2.05, 4.69) is 12.2 Å². The van der Waals surface area contributed by atoms with Gasteiger partial charge in [0.2, 0.25) is 0 Å². The van der Waals surface area contributed by atoms with E-state index in [-0.39, 0.29) is 5.91 Å². The predicted octanol–water partition coefficient (Wildman–Crippen LogP) is 2.50. The second kappa shape index (κ2) is 4.78. The lowest BCUT2D eigenvalue weighted by atomic mass is 10.1. The predicted molar refractivity (Wildman–Crippen MR) is 69.9 cm³/mol. The summed E-state index contributed by atoms with van der Waals surface area (Å²) in [5.41, 5.74) is 8.03. The SMILES string of the molecule is Cc1ccc(N)cc1C(=O)NC1CCC(C)C1. The minimum atomic E-state index is 0.00824. The Morgan fingerprint density at radius 3 is 2.82 bits per heavy atom. The molecule has 1 aromatic rings. The van der Waals surface area contributed by atoms with E-state index in [1.54, 1.807) is 6.07 Å². The summed E-state index contributed by atoms with van der Waals surface area (Å²) in [6, 6.07) is 5.80. The second-order valence-corrected chi connectivity index (χ2v) is 5.16. The fraction of sp³-hybridized carbons (Fsp3) is 0.500. The summed E-state index contributed by atoms with van der Waals surface area (Å²) in [6.07, 6.45) is 3.39. The van der Waals surface area contributed by atoms with Gasteiger partial charge in [0.05, 0.1) is 0 Å². The molecule has 1 aromatic carbocycles. The van der Waals surface area contributed by atoms with E-state index in [0.717, 1.165) is 24.3 Å². The van der Waals surface area contributed by atoms with Gasteiger partial charge in [-0.1, -0.05) is 13.0 Å². The van der Waals surface area contributed by atoms with Crippen LogP contribution in [0.3, 0.4) is 0 Å². The van der Waals surface area contributed by atoms with Crippen LogP contribution >= 0.6 is 0 Å². The fourth-order valence-corrected chi connectivity index (χ4v) is 2.49. The van der Waals surface area contributed by atoms with Crippen LogP contribution in [-0.4, -0.2) is 11.9 Å². The zero-order chi connectivity index (χ0) is 12.4. The molecule has 0 aliphatic heterocycles. The van der Waals surface area contributed by atoms with Crippen molar-refractivity contribution < 1.29 is 4.79 Å². The fourth-order valence-electron chi connectivity index (χ4n) is 2.49. The summed E-state index contributed by atoms with van der Waals surface area (Å²) >= 11 is 0. The Bertz CT molecular complexity index is 428. The number of aryl methyl sites for hydroxylation is 1. The van der Waals surface area contributed by atoms with Gasteiger partial charge in [0.1, 0.15) is 0 Å². The number of hydrogen-bond donors (Lipinski definition) is 2. The normalized spacial score (nSPS) is 23.6. The maximum atomic E-state index is 12.1. The molecule has 0 radical (unpaired) electrons. The van der Waals surface area contributed by atoms with Crippen LogP contribution in [0.1, 0.15) is 42.1 Å². The Kier molecular flexibility index (Phi) is 3.36. The lowest BCUT2D eigenvalue weighted by Gasteiger charge is -2.14. The van der Waals surface area contributed by atoms with Gasteiger partial charge in [0.25, 0.3) is 5.91 Å². The molecule has 17 heavy (non-hydrogen) atoms. The number of amides is 1. The van der Waals surface area contributed by atoms with Crippen LogP contribution < -0.4 is 11.1 Å². The molecule has 1 fully saturated rings. The number of hydrogen-bond acceptors (Lipinski definition) is 2. The van der Waals surface area contributed by atoms with Gasteiger partial charge in [-0.05, 0) is 49.8 Å². The summed E-state index contributed by atoms with van der Waals surface area (Å²) in [6.45, 7) is 4.17. The topological polar surface area (TPSA) is 55.1 Å². The number of nitrogens with two attached hydrogens (primary N) is 1. The van der Waals surface area contributed by atoms with Gasteiger partial charge in [0, 0.05) is 17.3 Å². The van der Waals surface area contributed by atoms with Crippen LogP contribution in [0.25, 0.3) is 0 Å². The third-order valence-corrected chi connectivity index (χ3v) is 3.54. The molecule has 0 spiro atoms. The Balaban J connectivity index is 2.06. The number of rotatable bonds is 2. The number of nitrogen functional groups attached to an aromatic ring is 1. The van der Waals surface area contributed by atoms with Gasteiger partial charge in [-0.2, -0.15) is 0 Å². The molecule has 2 rings (SSSR count). The number of benzene rings is 1. The van der Waals surface area contributed by atoms with Crippen molar-refractivity contribution in [2.75, 3.05) is 5.73 Å². The van der Waals surface area contributed by atoms with Gasteiger partial charge >= 0.3 is 0 Å². The van der Waals surface area contributed by atoms with Gasteiger partial charge in [-0.25, -0.2) is 0 Å². The summed E-state index contributed by atoms with van der Waals surface area (Å²) in [4.78, 5) is 12.1. The highest BCUT2D eigenvalue weighted by Crippen LogP contribution is 2.25. The van der Waals surface area contributed by atoms with Crippen molar-refractivity contribution in [3.63, 3.8) is 0 Å². The van der Waals surface area contributed by atoms with E-state index in [9.17, 15) is 4.79 Å². The van der Waals surface area contributed by atoms with Gasteiger partial charge < -0.3 is 11.1 Å². The van der Waals surface area contributed by atoms with Crippen molar-refractivity contribution in [2.24, 2.45) is 5.92 Å². The first kappa shape index (κ1) is 12.0. The number of carbonyl (C=O) groups excluding carboxylic acids is 1. The minimum absolute atomic E-state index is 0.00824. The molecule has 2 atom stereocenters. The minimum Gasteiger partial charge on any atom is -0.399 e. The Hall–Kier alpha value is -1.51. The molecule has 92 valence electrons. The summed E-state index contributed by atoms with van der Waals surface area (Å²) in [5.74, 6) is 0.733. The molecule has 3 N–H and O–H groups in total. The quantitative estimate of drug-likeness (QED) is 0.770. The maximum absolute atomic E-state index is 12.1. The van der Waals surface area contributed by atoms with Crippen LogP contribution in [0, 0.1) is 12.8 Å². The molecule has 0 bridgehead atoms. The largest absolute Gasteiger partial charge is 0.399 e. The third-order valence-electron chi connectivity index (χ3n) is 3.54. The molecule has 0 aromatic heterocycles. The molecular weight excluding hydrogens is 212 g/mol. The molecule has 1 aliphatic carbocycles. The van der Waals surface area contributed by atoms with E-state index in [4.69, 9.17) is 5.73 Å².